The van der Waals surface area contributed by atoms with Crippen molar-refractivity contribution < 1.29 is 0 Å². The third-order valence-electron chi connectivity index (χ3n) is 2.28. The van der Waals surface area contributed by atoms with E-state index in [2.05, 4.69) is 20.3 Å². The van der Waals surface area contributed by atoms with Crippen molar-refractivity contribution in [1.29, 1.82) is 0 Å². The van der Waals surface area contributed by atoms with Gasteiger partial charge >= 0.3 is 0 Å². The number of aromatic nitrogens is 3. The van der Waals surface area contributed by atoms with E-state index in [1.807, 2.05) is 32.0 Å². The number of hydrogen-bond donors (Lipinski definition) is 1. The molecule has 2 heterocycles. The lowest BCUT2D eigenvalue weighted by Gasteiger charge is -2.07. The predicted molar refractivity (Wildman–Crippen MR) is 63.1 cm³/mol. The Morgan fingerprint density at radius 2 is 2.00 bits per heavy atom. The van der Waals surface area contributed by atoms with Gasteiger partial charge in [-0.2, -0.15) is 0 Å². The molecule has 4 heteroatoms. The Bertz CT molecular complexity index is 482. The molecule has 0 aliphatic carbocycles. The molecule has 16 heavy (non-hydrogen) atoms. The minimum absolute atomic E-state index is 0.668. The Labute approximate surface area is 94.8 Å². The van der Waals surface area contributed by atoms with E-state index in [9.17, 15) is 0 Å². The summed E-state index contributed by atoms with van der Waals surface area (Å²) in [4.78, 5) is 12.6. The van der Waals surface area contributed by atoms with Crippen LogP contribution in [0.2, 0.25) is 0 Å². The van der Waals surface area contributed by atoms with Gasteiger partial charge in [-0.3, -0.25) is 0 Å². The zero-order chi connectivity index (χ0) is 11.4. The molecular weight excluding hydrogens is 200 g/mol. The van der Waals surface area contributed by atoms with E-state index in [0.717, 1.165) is 22.9 Å². The molecule has 0 atom stereocenters. The average Bonchev–Trinajstić information content (AvgIpc) is 2.28. The smallest absolute Gasteiger partial charge is 0.129 e. The first kappa shape index (κ1) is 10.5. The van der Waals surface area contributed by atoms with Crippen LogP contribution >= 0.6 is 0 Å². The molecule has 0 spiro atoms. The van der Waals surface area contributed by atoms with Gasteiger partial charge in [0.1, 0.15) is 11.6 Å². The number of rotatable bonds is 3. The molecule has 1 N–H and O–H groups in total. The maximum absolute atomic E-state index is 4.32. The predicted octanol–water partition coefficient (Wildman–Crippen LogP) is 2.10. The van der Waals surface area contributed by atoms with Crippen molar-refractivity contribution in [3.63, 3.8) is 0 Å². The molecule has 2 aromatic heterocycles. The van der Waals surface area contributed by atoms with E-state index in [1.54, 1.807) is 12.4 Å². The number of anilines is 1. The van der Waals surface area contributed by atoms with Crippen LogP contribution in [0.25, 0.3) is 0 Å². The summed E-state index contributed by atoms with van der Waals surface area (Å²) in [5, 5.41) is 3.26. The Morgan fingerprint density at radius 1 is 1.12 bits per heavy atom. The van der Waals surface area contributed by atoms with Gasteiger partial charge in [-0.1, -0.05) is 6.07 Å². The number of aryl methyl sites for hydroxylation is 2. The molecule has 0 aliphatic heterocycles. The van der Waals surface area contributed by atoms with Gasteiger partial charge in [0.05, 0.1) is 12.2 Å². The van der Waals surface area contributed by atoms with Crippen molar-refractivity contribution in [3.8, 4) is 0 Å². The average molecular weight is 214 g/mol. The molecule has 4 nitrogen and oxygen atoms in total. The Kier molecular flexibility index (Phi) is 3.10. The molecule has 0 saturated heterocycles. The van der Waals surface area contributed by atoms with Gasteiger partial charge in [-0.05, 0) is 31.5 Å². The second-order valence-electron chi connectivity index (χ2n) is 3.62. The van der Waals surface area contributed by atoms with Crippen LogP contribution in [0.4, 0.5) is 5.82 Å². The fourth-order valence-electron chi connectivity index (χ4n) is 1.45. The van der Waals surface area contributed by atoms with Crippen LogP contribution in [-0.4, -0.2) is 15.0 Å². The van der Waals surface area contributed by atoms with Crippen LogP contribution in [0, 0.1) is 13.8 Å². The lowest BCUT2D eigenvalue weighted by molar-refractivity contribution is 0.948. The highest BCUT2D eigenvalue weighted by Gasteiger charge is 1.99. The van der Waals surface area contributed by atoms with Gasteiger partial charge in [-0.15, -0.1) is 0 Å². The maximum Gasteiger partial charge on any atom is 0.129 e. The number of nitrogens with zero attached hydrogens (tertiary/aromatic N) is 3. The van der Waals surface area contributed by atoms with E-state index >= 15 is 0 Å². The van der Waals surface area contributed by atoms with E-state index in [0.29, 0.717) is 6.54 Å². The van der Waals surface area contributed by atoms with Crippen LogP contribution in [0.15, 0.2) is 30.6 Å². The molecule has 0 aliphatic rings. The monoisotopic (exact) mass is 214 g/mol. The van der Waals surface area contributed by atoms with Crippen LogP contribution in [-0.2, 0) is 6.54 Å². The first-order valence-electron chi connectivity index (χ1n) is 5.20. The van der Waals surface area contributed by atoms with Gasteiger partial charge < -0.3 is 5.32 Å². The van der Waals surface area contributed by atoms with Crippen molar-refractivity contribution in [1.82, 2.24) is 15.0 Å². The lowest BCUT2D eigenvalue weighted by Crippen LogP contribution is -2.05. The topological polar surface area (TPSA) is 50.7 Å². The normalized spacial score (nSPS) is 10.1. The fraction of sp³-hybridized carbons (Fsp3) is 0.250. The van der Waals surface area contributed by atoms with E-state index in [-0.39, 0.29) is 0 Å². The minimum atomic E-state index is 0.668. The third-order valence-corrected chi connectivity index (χ3v) is 2.28. The van der Waals surface area contributed by atoms with Crippen LogP contribution in [0.3, 0.4) is 0 Å². The van der Waals surface area contributed by atoms with Crippen molar-refractivity contribution >= 4 is 5.82 Å². The van der Waals surface area contributed by atoms with Crippen molar-refractivity contribution in [2.45, 2.75) is 20.4 Å². The Balaban J connectivity index is 2.05. The molecule has 0 amide bonds. The summed E-state index contributed by atoms with van der Waals surface area (Å²) >= 11 is 0. The molecule has 2 rings (SSSR count). The zero-order valence-electron chi connectivity index (χ0n) is 9.44. The van der Waals surface area contributed by atoms with E-state index < -0.39 is 0 Å². The number of pyridine rings is 1. The molecule has 0 fully saturated rings. The molecule has 0 radical (unpaired) electrons. The zero-order valence-corrected chi connectivity index (χ0v) is 9.44. The van der Waals surface area contributed by atoms with Gasteiger partial charge in [0.2, 0.25) is 0 Å². The fourth-order valence-corrected chi connectivity index (χ4v) is 1.45. The van der Waals surface area contributed by atoms with Crippen molar-refractivity contribution in [2.24, 2.45) is 0 Å². The third kappa shape index (κ3) is 2.53. The van der Waals surface area contributed by atoms with Crippen molar-refractivity contribution in [3.05, 3.63) is 47.7 Å². The summed E-state index contributed by atoms with van der Waals surface area (Å²) in [5.74, 6) is 1.69. The van der Waals surface area contributed by atoms with Crippen molar-refractivity contribution in [2.75, 3.05) is 5.32 Å². The summed E-state index contributed by atoms with van der Waals surface area (Å²) in [5.41, 5.74) is 2.10. The molecule has 82 valence electrons. The summed E-state index contributed by atoms with van der Waals surface area (Å²) < 4.78 is 0. The van der Waals surface area contributed by atoms with Gasteiger partial charge in [0.15, 0.2) is 0 Å². The quantitative estimate of drug-likeness (QED) is 0.850. The molecule has 0 saturated carbocycles. The highest BCUT2D eigenvalue weighted by Crippen LogP contribution is 2.10. The SMILES string of the molecule is Cc1nccc(CNc2ncccc2C)n1. The van der Waals surface area contributed by atoms with Gasteiger partial charge in [-0.25, -0.2) is 15.0 Å². The first-order chi connectivity index (χ1) is 7.75. The van der Waals surface area contributed by atoms with Crippen LogP contribution in [0.5, 0.6) is 0 Å². The number of hydrogen-bond acceptors (Lipinski definition) is 4. The van der Waals surface area contributed by atoms with Gasteiger partial charge in [0.25, 0.3) is 0 Å². The Hall–Kier alpha value is -1.97. The highest BCUT2D eigenvalue weighted by molar-refractivity contribution is 5.42. The molecule has 2 aromatic rings. The van der Waals surface area contributed by atoms with Gasteiger partial charge in [0, 0.05) is 12.4 Å². The first-order valence-corrected chi connectivity index (χ1v) is 5.20. The maximum atomic E-state index is 4.32. The second-order valence-corrected chi connectivity index (χ2v) is 3.62. The highest BCUT2D eigenvalue weighted by atomic mass is 15.0. The molecular formula is C12H14N4. The molecule has 0 aromatic carbocycles. The second kappa shape index (κ2) is 4.70. The largest absolute Gasteiger partial charge is 0.364 e. The minimum Gasteiger partial charge on any atom is -0.364 e. The summed E-state index contributed by atoms with van der Waals surface area (Å²) in [6, 6.07) is 5.86. The summed E-state index contributed by atoms with van der Waals surface area (Å²) in [7, 11) is 0. The number of nitrogens with one attached hydrogen (secondary N) is 1. The van der Waals surface area contributed by atoms with Crippen LogP contribution in [0.1, 0.15) is 17.1 Å². The summed E-state index contributed by atoms with van der Waals surface area (Å²) in [6.07, 6.45) is 3.55. The summed E-state index contributed by atoms with van der Waals surface area (Å²) in [6.45, 7) is 4.58. The molecule has 0 unspecified atom stereocenters. The molecule has 0 bridgehead atoms. The van der Waals surface area contributed by atoms with E-state index in [1.165, 1.54) is 0 Å². The lowest BCUT2D eigenvalue weighted by atomic mass is 10.3. The van der Waals surface area contributed by atoms with Crippen LogP contribution < -0.4 is 5.32 Å². The Morgan fingerprint density at radius 3 is 2.75 bits per heavy atom. The standard InChI is InChI=1S/C12H14N4/c1-9-4-3-6-14-12(9)15-8-11-5-7-13-10(2)16-11/h3-7H,8H2,1-2H3,(H,14,15). The van der Waals surface area contributed by atoms with E-state index in [4.69, 9.17) is 0 Å².